The first-order valence-corrected chi connectivity index (χ1v) is 10.9. The van der Waals surface area contributed by atoms with Crippen molar-refractivity contribution in [2.75, 3.05) is 13.6 Å². The molecule has 0 bridgehead atoms. The van der Waals surface area contributed by atoms with Crippen LogP contribution >= 0.6 is 0 Å². The molecule has 0 radical (unpaired) electrons. The van der Waals surface area contributed by atoms with Crippen LogP contribution in [0, 0.1) is 23.3 Å². The second-order valence-electron chi connectivity index (χ2n) is 7.67. The summed E-state index contributed by atoms with van der Waals surface area (Å²) in [5, 5.41) is 0. The Hall–Kier alpha value is -2.11. The molecule has 2 aromatic carbocycles. The maximum absolute atomic E-state index is 15.2. The number of hydrogen-bond acceptors (Lipinski definition) is 3. The van der Waals surface area contributed by atoms with Crippen molar-refractivity contribution in [3.8, 4) is 11.1 Å². The van der Waals surface area contributed by atoms with Crippen molar-refractivity contribution >= 4 is 9.92 Å². The van der Waals surface area contributed by atoms with Gasteiger partial charge in [-0.2, -0.15) is 13.2 Å². The van der Waals surface area contributed by atoms with E-state index in [1.165, 1.54) is 36.2 Å². The van der Waals surface area contributed by atoms with Crippen molar-refractivity contribution in [1.82, 2.24) is 9.62 Å². The van der Waals surface area contributed by atoms with Crippen molar-refractivity contribution in [1.29, 1.82) is 4.78 Å². The van der Waals surface area contributed by atoms with Crippen LogP contribution in [-0.2, 0) is 16.3 Å². The van der Waals surface area contributed by atoms with Gasteiger partial charge in [-0.25, -0.2) is 26.9 Å². The van der Waals surface area contributed by atoms with E-state index in [-0.39, 0.29) is 24.1 Å². The summed E-state index contributed by atoms with van der Waals surface area (Å²) in [6.07, 6.45) is -2.03. The van der Waals surface area contributed by atoms with Crippen molar-refractivity contribution in [2.24, 2.45) is 0 Å². The Morgan fingerprint density at radius 2 is 1.90 bits per heavy atom. The summed E-state index contributed by atoms with van der Waals surface area (Å²) in [6, 6.07) is 5.84. The molecule has 0 spiro atoms. The van der Waals surface area contributed by atoms with E-state index in [4.69, 9.17) is 4.78 Å². The van der Waals surface area contributed by atoms with Crippen LogP contribution in [0.5, 0.6) is 0 Å². The van der Waals surface area contributed by atoms with E-state index >= 15 is 4.39 Å². The van der Waals surface area contributed by atoms with Crippen molar-refractivity contribution in [3.63, 3.8) is 0 Å². The van der Waals surface area contributed by atoms with Crippen LogP contribution in [0.3, 0.4) is 0 Å². The third-order valence-electron chi connectivity index (χ3n) is 5.32. The van der Waals surface area contributed by atoms with E-state index in [0.29, 0.717) is 11.1 Å². The summed E-state index contributed by atoms with van der Waals surface area (Å²) in [4.78, 5) is 1.40. The zero-order valence-corrected chi connectivity index (χ0v) is 17.5. The SMILES string of the molecule is Cc1cc(F)cc(-c2cccc(CC3C(NS(=N)(=O)C(F)(F)F)C(F)CN3C)c2F)c1. The van der Waals surface area contributed by atoms with Gasteiger partial charge in [-0.05, 0) is 49.2 Å². The van der Waals surface area contributed by atoms with Gasteiger partial charge >= 0.3 is 5.51 Å². The van der Waals surface area contributed by atoms with E-state index in [2.05, 4.69) is 0 Å². The average Bonchev–Trinajstić information content (AvgIpc) is 2.88. The third-order valence-corrected chi connectivity index (χ3v) is 6.58. The summed E-state index contributed by atoms with van der Waals surface area (Å²) in [7, 11) is -3.83. The summed E-state index contributed by atoms with van der Waals surface area (Å²) < 4.78 is 102. The maximum Gasteiger partial charge on any atom is 0.492 e. The Morgan fingerprint density at radius 3 is 2.52 bits per heavy atom. The van der Waals surface area contributed by atoms with Gasteiger partial charge in [0.15, 0.2) is 0 Å². The maximum atomic E-state index is 15.2. The van der Waals surface area contributed by atoms with Crippen LogP contribution in [0.25, 0.3) is 11.1 Å². The fourth-order valence-corrected chi connectivity index (χ4v) is 4.63. The molecule has 0 aromatic heterocycles. The minimum atomic E-state index is -5.38. The Bertz CT molecular complexity index is 1050. The molecule has 0 amide bonds. The Morgan fingerprint density at radius 1 is 1.23 bits per heavy atom. The molecule has 4 nitrogen and oxygen atoms in total. The lowest BCUT2D eigenvalue weighted by Gasteiger charge is -2.27. The highest BCUT2D eigenvalue weighted by Crippen LogP contribution is 2.31. The molecule has 4 atom stereocenters. The number of benzene rings is 2. The molecule has 1 heterocycles. The molecule has 11 heteroatoms. The number of likely N-dealkylation sites (N-methyl/N-ethyl adjacent to an activating group) is 1. The van der Waals surface area contributed by atoms with Crippen LogP contribution in [0.15, 0.2) is 36.4 Å². The van der Waals surface area contributed by atoms with Gasteiger partial charge in [-0.3, -0.25) is 4.90 Å². The van der Waals surface area contributed by atoms with Gasteiger partial charge in [0, 0.05) is 18.2 Å². The molecule has 1 aliphatic rings. The second kappa shape index (κ2) is 8.44. The number of halogens is 6. The summed E-state index contributed by atoms with van der Waals surface area (Å²) in [5.74, 6) is -1.25. The van der Waals surface area contributed by atoms with Crippen LogP contribution in [0.1, 0.15) is 11.1 Å². The normalized spacial score (nSPS) is 24.3. The summed E-state index contributed by atoms with van der Waals surface area (Å²) in [6.45, 7) is 1.39. The molecule has 31 heavy (non-hydrogen) atoms. The smallest absolute Gasteiger partial charge is 0.298 e. The number of nitrogens with zero attached hydrogens (tertiary/aromatic N) is 1. The zero-order valence-electron chi connectivity index (χ0n) is 16.6. The summed E-state index contributed by atoms with van der Waals surface area (Å²) >= 11 is 0. The lowest BCUT2D eigenvalue weighted by Crippen LogP contribution is -2.51. The van der Waals surface area contributed by atoms with Crippen LogP contribution in [-0.4, -0.2) is 46.5 Å². The molecule has 2 N–H and O–H groups in total. The lowest BCUT2D eigenvalue weighted by molar-refractivity contribution is -0.0422. The molecule has 1 saturated heterocycles. The van der Waals surface area contributed by atoms with Crippen LogP contribution < -0.4 is 4.72 Å². The standard InChI is InChI=1S/C20H21F6N3OS/c1-11-6-13(8-14(21)7-11)15-5-3-4-12(18(15)23)9-17-19(16(22)10-29(17)2)28-31(27,30)20(24,25)26/h3-8,16-17,19H,9-10H2,1-2H3,(H2,27,28,30). The van der Waals surface area contributed by atoms with Gasteiger partial charge in [0.25, 0.3) is 0 Å². The lowest BCUT2D eigenvalue weighted by atomic mass is 9.95. The average molecular weight is 465 g/mol. The van der Waals surface area contributed by atoms with E-state index in [1.54, 1.807) is 17.7 Å². The largest absolute Gasteiger partial charge is 0.492 e. The number of alkyl halides is 4. The molecule has 2 aromatic rings. The van der Waals surface area contributed by atoms with Crippen molar-refractivity contribution in [3.05, 3.63) is 59.2 Å². The molecular formula is C20H21F6N3OS. The minimum absolute atomic E-state index is 0.0839. The zero-order chi connectivity index (χ0) is 23.1. The van der Waals surface area contributed by atoms with Crippen LogP contribution in [0.4, 0.5) is 26.3 Å². The monoisotopic (exact) mass is 465 g/mol. The highest BCUT2D eigenvalue weighted by Gasteiger charge is 2.49. The van der Waals surface area contributed by atoms with E-state index in [0.717, 1.165) is 6.07 Å². The first-order valence-electron chi connectivity index (χ1n) is 9.32. The molecular weight excluding hydrogens is 444 g/mol. The molecule has 1 aliphatic heterocycles. The quantitative estimate of drug-likeness (QED) is 0.636. The third kappa shape index (κ3) is 4.88. The fraction of sp³-hybridized carbons (Fsp3) is 0.400. The Labute approximate surface area is 176 Å². The van der Waals surface area contributed by atoms with E-state index in [9.17, 15) is 26.2 Å². The number of aryl methyl sites for hydroxylation is 1. The Balaban J connectivity index is 1.93. The van der Waals surface area contributed by atoms with E-state index < -0.39 is 45.3 Å². The number of rotatable bonds is 5. The van der Waals surface area contributed by atoms with Crippen LogP contribution in [0.2, 0.25) is 0 Å². The van der Waals surface area contributed by atoms with Gasteiger partial charge in [0.1, 0.15) is 17.8 Å². The topological polar surface area (TPSA) is 56.2 Å². The van der Waals surface area contributed by atoms with Gasteiger partial charge in [0.05, 0.1) is 6.04 Å². The summed E-state index contributed by atoms with van der Waals surface area (Å²) in [5.41, 5.74) is -4.32. The fourth-order valence-electron chi connectivity index (χ4n) is 3.81. The molecule has 3 rings (SSSR count). The molecule has 4 unspecified atom stereocenters. The highest BCUT2D eigenvalue weighted by atomic mass is 32.2. The number of hydrogen-bond donors (Lipinski definition) is 2. The predicted molar refractivity (Wildman–Crippen MR) is 105 cm³/mol. The van der Waals surface area contributed by atoms with Gasteiger partial charge < -0.3 is 0 Å². The molecule has 0 aliphatic carbocycles. The first-order chi connectivity index (χ1) is 14.3. The van der Waals surface area contributed by atoms with Gasteiger partial charge in [-0.15, -0.1) is 0 Å². The second-order valence-corrected chi connectivity index (χ2v) is 9.48. The first kappa shape index (κ1) is 23.6. The number of likely N-dealkylation sites (tertiary alicyclic amines) is 1. The van der Waals surface area contributed by atoms with Crippen molar-refractivity contribution < 1.29 is 30.6 Å². The molecule has 0 saturated carbocycles. The minimum Gasteiger partial charge on any atom is -0.298 e. The Kier molecular flexibility index (Phi) is 6.41. The number of nitrogens with one attached hydrogen (secondary N) is 2. The van der Waals surface area contributed by atoms with Gasteiger partial charge in [-0.1, -0.05) is 24.3 Å². The van der Waals surface area contributed by atoms with Gasteiger partial charge in [0.2, 0.25) is 9.92 Å². The predicted octanol–water partition coefficient (Wildman–Crippen LogP) is 4.57. The highest BCUT2D eigenvalue weighted by molar-refractivity contribution is 7.91. The molecule has 170 valence electrons. The van der Waals surface area contributed by atoms with E-state index in [1.807, 2.05) is 0 Å². The molecule has 1 fully saturated rings. The van der Waals surface area contributed by atoms with Crippen molar-refractivity contribution in [2.45, 2.75) is 37.1 Å².